The van der Waals surface area contributed by atoms with Crippen molar-refractivity contribution in [1.29, 1.82) is 0 Å². The molecule has 3 rings (SSSR count). The maximum Gasteiger partial charge on any atom is 0.242 e. The fourth-order valence-electron chi connectivity index (χ4n) is 2.23. The number of carbonyl (C=O) groups is 1. The van der Waals surface area contributed by atoms with E-state index in [2.05, 4.69) is 15.7 Å². The van der Waals surface area contributed by atoms with Gasteiger partial charge >= 0.3 is 0 Å². The molecule has 1 aromatic heterocycles. The van der Waals surface area contributed by atoms with Gasteiger partial charge in [0.15, 0.2) is 0 Å². The van der Waals surface area contributed by atoms with Gasteiger partial charge in [-0.2, -0.15) is 5.10 Å². The third-order valence-corrected chi connectivity index (χ3v) is 3.30. The molecule has 1 atom stereocenters. The van der Waals surface area contributed by atoms with Crippen molar-refractivity contribution in [2.24, 2.45) is 0 Å². The Morgan fingerprint density at radius 3 is 2.84 bits per heavy atom. The summed E-state index contributed by atoms with van der Waals surface area (Å²) in [5.74, 6) is 0.0619. The van der Waals surface area contributed by atoms with Gasteiger partial charge in [0.05, 0.1) is 23.3 Å². The average molecular weight is 256 g/mol. The first-order valence-electron chi connectivity index (χ1n) is 6.40. The smallest absolute Gasteiger partial charge is 0.242 e. The van der Waals surface area contributed by atoms with Crippen LogP contribution in [0.5, 0.6) is 0 Å². The van der Waals surface area contributed by atoms with E-state index in [4.69, 9.17) is 0 Å². The fourth-order valence-corrected chi connectivity index (χ4v) is 2.23. The standard InChI is InChI=1S/C14H16N4O/c1-10-13(16-12-7-8-15-14(12)19)9-18(17-10)11-5-3-2-4-6-11/h2-6,9,12,16H,7-8H2,1H3,(H,15,19). The number of aryl methyl sites for hydroxylation is 1. The number of amides is 1. The summed E-state index contributed by atoms with van der Waals surface area (Å²) in [7, 11) is 0. The van der Waals surface area contributed by atoms with E-state index in [1.165, 1.54) is 0 Å². The first-order chi connectivity index (χ1) is 9.24. The zero-order valence-corrected chi connectivity index (χ0v) is 10.8. The number of benzene rings is 1. The molecule has 2 heterocycles. The lowest BCUT2D eigenvalue weighted by Gasteiger charge is -2.09. The van der Waals surface area contributed by atoms with Crippen molar-refractivity contribution in [2.45, 2.75) is 19.4 Å². The lowest BCUT2D eigenvalue weighted by atomic mass is 10.2. The molecule has 1 unspecified atom stereocenters. The molecule has 1 aliphatic rings. The molecular weight excluding hydrogens is 240 g/mol. The molecule has 0 aliphatic carbocycles. The highest BCUT2D eigenvalue weighted by molar-refractivity contribution is 5.86. The van der Waals surface area contributed by atoms with Crippen molar-refractivity contribution in [1.82, 2.24) is 15.1 Å². The Labute approximate surface area is 111 Å². The van der Waals surface area contributed by atoms with Crippen LogP contribution in [0.4, 0.5) is 5.69 Å². The van der Waals surface area contributed by atoms with Crippen LogP contribution in [-0.4, -0.2) is 28.3 Å². The Morgan fingerprint density at radius 1 is 1.37 bits per heavy atom. The number of hydrogen-bond acceptors (Lipinski definition) is 3. The minimum absolute atomic E-state index is 0.0619. The van der Waals surface area contributed by atoms with Crippen LogP contribution in [-0.2, 0) is 4.79 Å². The second kappa shape index (κ2) is 4.76. The molecule has 1 aliphatic heterocycles. The number of carbonyl (C=O) groups excluding carboxylic acids is 1. The lowest BCUT2D eigenvalue weighted by Crippen LogP contribution is -2.29. The van der Waals surface area contributed by atoms with Gasteiger partial charge in [-0.25, -0.2) is 4.68 Å². The van der Waals surface area contributed by atoms with Gasteiger partial charge in [-0.1, -0.05) is 18.2 Å². The zero-order chi connectivity index (χ0) is 13.2. The molecule has 0 saturated carbocycles. The molecular formula is C14H16N4O. The summed E-state index contributed by atoms with van der Waals surface area (Å²) in [6, 6.07) is 9.78. The van der Waals surface area contributed by atoms with Gasteiger partial charge in [0.25, 0.3) is 0 Å². The van der Waals surface area contributed by atoms with Crippen LogP contribution in [0, 0.1) is 6.92 Å². The summed E-state index contributed by atoms with van der Waals surface area (Å²) in [6.07, 6.45) is 2.74. The van der Waals surface area contributed by atoms with E-state index in [9.17, 15) is 4.79 Å². The molecule has 0 radical (unpaired) electrons. The number of aromatic nitrogens is 2. The topological polar surface area (TPSA) is 59.0 Å². The third-order valence-electron chi connectivity index (χ3n) is 3.30. The van der Waals surface area contributed by atoms with Gasteiger partial charge in [-0.3, -0.25) is 4.79 Å². The quantitative estimate of drug-likeness (QED) is 0.874. The number of anilines is 1. The second-order valence-corrected chi connectivity index (χ2v) is 4.68. The largest absolute Gasteiger partial charge is 0.371 e. The average Bonchev–Trinajstić information content (AvgIpc) is 2.99. The monoisotopic (exact) mass is 256 g/mol. The van der Waals surface area contributed by atoms with E-state index < -0.39 is 0 Å². The first-order valence-corrected chi connectivity index (χ1v) is 6.40. The molecule has 5 heteroatoms. The molecule has 1 amide bonds. The molecule has 1 aromatic carbocycles. The van der Waals surface area contributed by atoms with Crippen LogP contribution < -0.4 is 10.6 Å². The van der Waals surface area contributed by atoms with E-state index in [0.717, 1.165) is 30.0 Å². The molecule has 0 spiro atoms. The van der Waals surface area contributed by atoms with Gasteiger partial charge < -0.3 is 10.6 Å². The molecule has 1 fully saturated rings. The predicted octanol–water partition coefficient (Wildman–Crippen LogP) is 1.48. The highest BCUT2D eigenvalue weighted by Crippen LogP contribution is 2.18. The van der Waals surface area contributed by atoms with Gasteiger partial charge in [0.1, 0.15) is 6.04 Å². The lowest BCUT2D eigenvalue weighted by molar-refractivity contribution is -0.119. The molecule has 1 saturated heterocycles. The van der Waals surface area contributed by atoms with E-state index in [-0.39, 0.29) is 11.9 Å². The molecule has 5 nitrogen and oxygen atoms in total. The number of hydrogen-bond donors (Lipinski definition) is 2. The normalized spacial score (nSPS) is 18.4. The number of para-hydroxylation sites is 1. The molecule has 2 aromatic rings. The zero-order valence-electron chi connectivity index (χ0n) is 10.8. The summed E-state index contributed by atoms with van der Waals surface area (Å²) < 4.78 is 1.82. The Bertz CT molecular complexity index is 591. The van der Waals surface area contributed by atoms with Crippen molar-refractivity contribution in [3.05, 3.63) is 42.2 Å². The molecule has 19 heavy (non-hydrogen) atoms. The Hall–Kier alpha value is -2.30. The van der Waals surface area contributed by atoms with Gasteiger partial charge in [-0.05, 0) is 25.5 Å². The van der Waals surface area contributed by atoms with Gasteiger partial charge in [-0.15, -0.1) is 0 Å². The van der Waals surface area contributed by atoms with Crippen molar-refractivity contribution in [3.63, 3.8) is 0 Å². The number of nitrogens with zero attached hydrogens (tertiary/aromatic N) is 2. The minimum Gasteiger partial charge on any atom is -0.371 e. The first kappa shape index (κ1) is 11.8. The summed E-state index contributed by atoms with van der Waals surface area (Å²) in [5.41, 5.74) is 2.81. The summed E-state index contributed by atoms with van der Waals surface area (Å²) in [6.45, 7) is 2.68. The Morgan fingerprint density at radius 2 is 2.16 bits per heavy atom. The van der Waals surface area contributed by atoms with Crippen LogP contribution >= 0.6 is 0 Å². The summed E-state index contributed by atoms with van der Waals surface area (Å²) >= 11 is 0. The van der Waals surface area contributed by atoms with Crippen LogP contribution in [0.3, 0.4) is 0 Å². The second-order valence-electron chi connectivity index (χ2n) is 4.68. The summed E-state index contributed by atoms with van der Waals surface area (Å²) in [5, 5.41) is 10.5. The van der Waals surface area contributed by atoms with E-state index in [1.54, 1.807) is 0 Å². The third kappa shape index (κ3) is 2.31. The van der Waals surface area contributed by atoms with E-state index in [0.29, 0.717) is 0 Å². The fraction of sp³-hybridized carbons (Fsp3) is 0.286. The van der Waals surface area contributed by atoms with E-state index >= 15 is 0 Å². The molecule has 0 bridgehead atoms. The van der Waals surface area contributed by atoms with Crippen LogP contribution in [0.1, 0.15) is 12.1 Å². The minimum atomic E-state index is -0.146. The van der Waals surface area contributed by atoms with Crippen LogP contribution in [0.25, 0.3) is 5.69 Å². The highest BCUT2D eigenvalue weighted by atomic mass is 16.2. The predicted molar refractivity (Wildman–Crippen MR) is 73.3 cm³/mol. The van der Waals surface area contributed by atoms with Gasteiger partial charge in [0, 0.05) is 6.54 Å². The van der Waals surface area contributed by atoms with Crippen molar-refractivity contribution in [3.8, 4) is 5.69 Å². The van der Waals surface area contributed by atoms with Crippen molar-refractivity contribution < 1.29 is 4.79 Å². The summed E-state index contributed by atoms with van der Waals surface area (Å²) in [4.78, 5) is 11.6. The maximum absolute atomic E-state index is 11.6. The SMILES string of the molecule is Cc1nn(-c2ccccc2)cc1NC1CCNC1=O. The Kier molecular flexibility index (Phi) is 2.95. The van der Waals surface area contributed by atoms with Crippen LogP contribution in [0.15, 0.2) is 36.5 Å². The number of rotatable bonds is 3. The molecule has 98 valence electrons. The van der Waals surface area contributed by atoms with E-state index in [1.807, 2.05) is 48.1 Å². The Balaban J connectivity index is 1.84. The highest BCUT2D eigenvalue weighted by Gasteiger charge is 2.24. The van der Waals surface area contributed by atoms with Crippen LogP contribution in [0.2, 0.25) is 0 Å². The van der Waals surface area contributed by atoms with Crippen molar-refractivity contribution >= 4 is 11.6 Å². The number of nitrogens with one attached hydrogen (secondary N) is 2. The van der Waals surface area contributed by atoms with Gasteiger partial charge in [0.2, 0.25) is 5.91 Å². The molecule has 2 N–H and O–H groups in total. The van der Waals surface area contributed by atoms with Crippen molar-refractivity contribution in [2.75, 3.05) is 11.9 Å². The maximum atomic E-state index is 11.6.